The Morgan fingerprint density at radius 2 is 2.12 bits per heavy atom. The number of nitrogens with zero attached hydrogens (tertiary/aromatic N) is 1. The van der Waals surface area contributed by atoms with E-state index in [0.29, 0.717) is 36.0 Å². The van der Waals surface area contributed by atoms with Crippen molar-refractivity contribution in [2.75, 3.05) is 40.2 Å². The van der Waals surface area contributed by atoms with E-state index in [0.717, 1.165) is 12.0 Å². The summed E-state index contributed by atoms with van der Waals surface area (Å²) in [7, 11) is 4.68. The van der Waals surface area contributed by atoms with E-state index in [4.69, 9.17) is 14.2 Å². The monoisotopic (exact) mass is 366 g/mol. The Morgan fingerprint density at radius 3 is 2.80 bits per heavy atom. The first-order valence-corrected chi connectivity index (χ1v) is 9.14. The molecular weight excluding hydrogens is 344 g/mol. The molecule has 25 heavy (non-hydrogen) atoms. The normalized spacial score (nSPS) is 21.1. The van der Waals surface area contributed by atoms with Gasteiger partial charge >= 0.3 is 0 Å². The molecule has 2 atom stereocenters. The van der Waals surface area contributed by atoms with Crippen LogP contribution in [0.25, 0.3) is 0 Å². The number of hydrogen-bond donors (Lipinski definition) is 1. The van der Waals surface area contributed by atoms with Gasteiger partial charge in [-0.2, -0.15) is 0 Å². The zero-order valence-electron chi connectivity index (χ0n) is 14.5. The Hall–Kier alpha value is -1.93. The lowest BCUT2D eigenvalue weighted by Crippen LogP contribution is -2.46. The first kappa shape index (κ1) is 17.9. The number of rotatable bonds is 7. The fourth-order valence-corrected chi connectivity index (χ4v) is 4.70. The van der Waals surface area contributed by atoms with Crippen LogP contribution < -0.4 is 14.8 Å². The molecule has 136 valence electrons. The van der Waals surface area contributed by atoms with Gasteiger partial charge in [-0.15, -0.1) is 11.8 Å². The molecule has 0 radical (unpaired) electrons. The van der Waals surface area contributed by atoms with Crippen LogP contribution in [-0.2, 0) is 9.53 Å². The van der Waals surface area contributed by atoms with E-state index in [1.807, 2.05) is 6.07 Å². The van der Waals surface area contributed by atoms with E-state index in [1.165, 1.54) is 14.2 Å². The molecule has 1 fully saturated rings. The van der Waals surface area contributed by atoms with Crippen molar-refractivity contribution in [1.29, 1.82) is 0 Å². The second-order valence-electron chi connectivity index (χ2n) is 5.82. The summed E-state index contributed by atoms with van der Waals surface area (Å²) >= 11 is 1.60. The highest BCUT2D eigenvalue weighted by atomic mass is 32.2. The van der Waals surface area contributed by atoms with Crippen molar-refractivity contribution in [3.05, 3.63) is 23.3 Å². The fraction of sp³-hybridized carbons (Fsp3) is 0.529. The topological polar surface area (TPSA) is 77.1 Å². The van der Waals surface area contributed by atoms with Crippen LogP contribution >= 0.6 is 11.8 Å². The summed E-state index contributed by atoms with van der Waals surface area (Å²) in [6.07, 6.45) is 0.741. The summed E-state index contributed by atoms with van der Waals surface area (Å²) in [6.45, 7) is 1.12. The Balaban J connectivity index is 1.81. The number of fused-ring (bicyclic) bond motifs is 3. The first-order valence-electron chi connectivity index (χ1n) is 8.09. The van der Waals surface area contributed by atoms with Crippen molar-refractivity contribution in [1.82, 2.24) is 10.2 Å². The second-order valence-corrected chi connectivity index (χ2v) is 6.93. The number of amides is 2. The predicted molar refractivity (Wildman–Crippen MR) is 94.2 cm³/mol. The molecular formula is C17H22N2O5S. The molecule has 1 aromatic carbocycles. The van der Waals surface area contributed by atoms with E-state index in [1.54, 1.807) is 29.8 Å². The molecule has 0 aliphatic carbocycles. The lowest BCUT2D eigenvalue weighted by molar-refractivity contribution is -0.124. The zero-order chi connectivity index (χ0) is 18.0. The Bertz CT molecular complexity index is 681. The van der Waals surface area contributed by atoms with E-state index < -0.39 is 6.04 Å². The van der Waals surface area contributed by atoms with Gasteiger partial charge in [0.15, 0.2) is 11.5 Å². The van der Waals surface area contributed by atoms with Crippen LogP contribution in [0.15, 0.2) is 12.1 Å². The summed E-state index contributed by atoms with van der Waals surface area (Å²) in [5.41, 5.74) is 1.37. The number of carbonyl (C=O) groups is 2. The average molecular weight is 366 g/mol. The van der Waals surface area contributed by atoms with Crippen LogP contribution in [0, 0.1) is 0 Å². The molecule has 7 nitrogen and oxygen atoms in total. The molecule has 8 heteroatoms. The minimum absolute atomic E-state index is 0.127. The molecule has 2 aliphatic heterocycles. The summed E-state index contributed by atoms with van der Waals surface area (Å²) < 4.78 is 15.7. The number of methoxy groups -OCH3 is 3. The molecule has 0 aromatic heterocycles. The first-order chi connectivity index (χ1) is 12.1. The largest absolute Gasteiger partial charge is 0.493 e. The SMILES string of the molecule is COCCCNC(=O)[C@@H]1CSC2c3ccc(OC)c(OC)c3C(=O)N21. The molecule has 0 spiro atoms. The molecule has 2 heterocycles. The van der Waals surface area contributed by atoms with Crippen LogP contribution in [0.4, 0.5) is 0 Å². The maximum atomic E-state index is 13.0. The summed E-state index contributed by atoms with van der Waals surface area (Å²) in [5.74, 6) is 1.22. The molecule has 2 aliphatic rings. The molecule has 0 bridgehead atoms. The number of nitrogens with one attached hydrogen (secondary N) is 1. The van der Waals surface area contributed by atoms with E-state index in [-0.39, 0.29) is 17.2 Å². The van der Waals surface area contributed by atoms with E-state index >= 15 is 0 Å². The summed E-state index contributed by atoms with van der Waals surface area (Å²) in [6, 6.07) is 3.20. The molecule has 1 N–H and O–H groups in total. The average Bonchev–Trinajstić information content (AvgIpc) is 3.18. The van der Waals surface area contributed by atoms with Gasteiger partial charge in [0.2, 0.25) is 5.91 Å². The Kier molecular flexibility index (Phi) is 5.39. The second kappa shape index (κ2) is 7.53. The van der Waals surface area contributed by atoms with Crippen molar-refractivity contribution in [2.45, 2.75) is 17.8 Å². The van der Waals surface area contributed by atoms with Crippen LogP contribution in [0.5, 0.6) is 11.5 Å². The lowest BCUT2D eigenvalue weighted by atomic mass is 10.1. The third-order valence-electron chi connectivity index (χ3n) is 4.42. The highest BCUT2D eigenvalue weighted by Crippen LogP contribution is 2.52. The van der Waals surface area contributed by atoms with E-state index in [2.05, 4.69) is 5.32 Å². The number of benzene rings is 1. The summed E-state index contributed by atoms with van der Waals surface area (Å²) in [5, 5.41) is 2.73. The number of carbonyl (C=O) groups excluding carboxylic acids is 2. The minimum atomic E-state index is -0.479. The standard InChI is InChI=1S/C17H22N2O5S/c1-22-8-4-7-18-15(20)11-9-25-17-10-5-6-12(23-2)14(24-3)13(10)16(21)19(11)17/h5-6,11,17H,4,7-9H2,1-3H3,(H,18,20)/t11-,17?/m0/s1. The minimum Gasteiger partial charge on any atom is -0.493 e. The van der Waals surface area contributed by atoms with Crippen LogP contribution in [-0.4, -0.2) is 63.0 Å². The zero-order valence-corrected chi connectivity index (χ0v) is 15.4. The quantitative estimate of drug-likeness (QED) is 0.736. The molecule has 1 unspecified atom stereocenters. The smallest absolute Gasteiger partial charge is 0.260 e. The van der Waals surface area contributed by atoms with Crippen LogP contribution in [0.1, 0.15) is 27.7 Å². The number of hydrogen-bond acceptors (Lipinski definition) is 6. The highest BCUT2D eigenvalue weighted by Gasteiger charge is 2.50. The van der Waals surface area contributed by atoms with Crippen molar-refractivity contribution in [3.8, 4) is 11.5 Å². The highest BCUT2D eigenvalue weighted by molar-refractivity contribution is 7.99. The fourth-order valence-electron chi connectivity index (χ4n) is 3.24. The number of ether oxygens (including phenoxy) is 3. The van der Waals surface area contributed by atoms with Gasteiger partial charge in [0.05, 0.1) is 19.8 Å². The molecule has 1 saturated heterocycles. The van der Waals surface area contributed by atoms with Crippen molar-refractivity contribution in [2.24, 2.45) is 0 Å². The van der Waals surface area contributed by atoms with Gasteiger partial charge in [-0.1, -0.05) is 6.07 Å². The third kappa shape index (κ3) is 3.04. The molecule has 3 rings (SSSR count). The maximum Gasteiger partial charge on any atom is 0.260 e. The van der Waals surface area contributed by atoms with Crippen molar-refractivity contribution in [3.63, 3.8) is 0 Å². The van der Waals surface area contributed by atoms with Gasteiger partial charge in [-0.05, 0) is 12.5 Å². The Labute approximate surface area is 151 Å². The van der Waals surface area contributed by atoms with Gasteiger partial charge in [-0.25, -0.2) is 0 Å². The van der Waals surface area contributed by atoms with Gasteiger partial charge < -0.3 is 24.4 Å². The maximum absolute atomic E-state index is 13.0. The van der Waals surface area contributed by atoms with Gasteiger partial charge in [0.1, 0.15) is 11.4 Å². The molecule has 0 saturated carbocycles. The number of thioether (sulfide) groups is 1. The lowest BCUT2D eigenvalue weighted by Gasteiger charge is -2.22. The molecule has 1 aromatic rings. The molecule has 2 amide bonds. The van der Waals surface area contributed by atoms with Crippen LogP contribution in [0.2, 0.25) is 0 Å². The van der Waals surface area contributed by atoms with Gasteiger partial charge in [-0.3, -0.25) is 9.59 Å². The third-order valence-corrected chi connectivity index (χ3v) is 5.72. The summed E-state index contributed by atoms with van der Waals surface area (Å²) in [4.78, 5) is 27.2. The van der Waals surface area contributed by atoms with E-state index in [9.17, 15) is 9.59 Å². The van der Waals surface area contributed by atoms with Gasteiger partial charge in [0.25, 0.3) is 5.91 Å². The van der Waals surface area contributed by atoms with Gasteiger partial charge in [0, 0.05) is 31.6 Å². The van der Waals surface area contributed by atoms with Crippen LogP contribution in [0.3, 0.4) is 0 Å². The van der Waals surface area contributed by atoms with Crippen molar-refractivity contribution >= 4 is 23.6 Å². The van der Waals surface area contributed by atoms with Crippen molar-refractivity contribution < 1.29 is 23.8 Å². The predicted octanol–water partition coefficient (Wildman–Crippen LogP) is 1.43. The Morgan fingerprint density at radius 1 is 1.32 bits per heavy atom.